The van der Waals surface area contributed by atoms with Crippen molar-refractivity contribution < 1.29 is 14.3 Å². The summed E-state index contributed by atoms with van der Waals surface area (Å²) in [5, 5.41) is 0. The first-order valence-corrected chi connectivity index (χ1v) is 8.49. The van der Waals surface area contributed by atoms with Gasteiger partial charge in [0.1, 0.15) is 0 Å². The molecule has 26 heavy (non-hydrogen) atoms. The summed E-state index contributed by atoms with van der Waals surface area (Å²) < 4.78 is 10.6. The number of nitrogens with zero attached hydrogens (tertiary/aromatic N) is 3. The van der Waals surface area contributed by atoms with E-state index in [-0.39, 0.29) is 24.2 Å². The van der Waals surface area contributed by atoms with Crippen LogP contribution in [0, 0.1) is 0 Å². The van der Waals surface area contributed by atoms with E-state index in [2.05, 4.69) is 9.97 Å². The number of carbonyl (C=O) groups is 1. The van der Waals surface area contributed by atoms with Crippen LogP contribution in [0.5, 0.6) is 11.5 Å². The lowest BCUT2D eigenvalue weighted by molar-refractivity contribution is 0.0790. The summed E-state index contributed by atoms with van der Waals surface area (Å²) in [6.45, 7) is 1.35. The van der Waals surface area contributed by atoms with Gasteiger partial charge < -0.3 is 19.3 Å². The van der Waals surface area contributed by atoms with Crippen molar-refractivity contribution in [1.29, 1.82) is 0 Å². The van der Waals surface area contributed by atoms with Crippen LogP contribution in [0.1, 0.15) is 28.4 Å². The molecule has 0 unspecified atom stereocenters. The van der Waals surface area contributed by atoms with Gasteiger partial charge in [0.15, 0.2) is 11.5 Å². The van der Waals surface area contributed by atoms with E-state index >= 15 is 0 Å². The fourth-order valence-corrected chi connectivity index (χ4v) is 3.28. The summed E-state index contributed by atoms with van der Waals surface area (Å²) in [5.41, 5.74) is 1.11. The molecular weight excluding hydrogens is 336 g/mol. The van der Waals surface area contributed by atoms with Crippen LogP contribution >= 0.6 is 0 Å². The molecule has 0 saturated carbocycles. The van der Waals surface area contributed by atoms with Gasteiger partial charge in [-0.3, -0.25) is 14.6 Å². The van der Waals surface area contributed by atoms with Gasteiger partial charge in [0.2, 0.25) is 12.7 Å². The second-order valence-electron chi connectivity index (χ2n) is 6.69. The number of hydrogen-bond donors (Lipinski definition) is 1. The Kier molecular flexibility index (Phi) is 4.02. The molecule has 1 amide bonds. The maximum atomic E-state index is 12.8. The average molecular weight is 356 g/mol. The number of carbonyl (C=O) groups excluding carboxylic acids is 1. The van der Waals surface area contributed by atoms with E-state index in [4.69, 9.17) is 9.47 Å². The van der Waals surface area contributed by atoms with E-state index < -0.39 is 0 Å². The summed E-state index contributed by atoms with van der Waals surface area (Å²) in [6, 6.07) is 6.74. The summed E-state index contributed by atoms with van der Waals surface area (Å²) in [4.78, 5) is 35.5. The van der Waals surface area contributed by atoms with E-state index in [9.17, 15) is 9.59 Å². The van der Waals surface area contributed by atoms with Crippen molar-refractivity contribution in [2.45, 2.75) is 12.3 Å². The third kappa shape index (κ3) is 2.98. The van der Waals surface area contributed by atoms with Gasteiger partial charge in [0.05, 0.1) is 5.69 Å². The predicted molar refractivity (Wildman–Crippen MR) is 95.0 cm³/mol. The van der Waals surface area contributed by atoms with E-state index in [1.807, 2.05) is 14.1 Å². The van der Waals surface area contributed by atoms with Gasteiger partial charge in [-0.05, 0) is 24.6 Å². The Morgan fingerprint density at radius 1 is 1.27 bits per heavy atom. The molecule has 8 nitrogen and oxygen atoms in total. The molecule has 4 rings (SSSR count). The van der Waals surface area contributed by atoms with Gasteiger partial charge in [0.25, 0.3) is 11.5 Å². The Labute approximate surface area is 150 Å². The van der Waals surface area contributed by atoms with Crippen LogP contribution in [0.15, 0.2) is 29.1 Å². The van der Waals surface area contributed by atoms with Gasteiger partial charge in [0, 0.05) is 44.7 Å². The summed E-state index contributed by atoms with van der Waals surface area (Å²) >= 11 is 0. The zero-order valence-corrected chi connectivity index (χ0v) is 14.7. The first-order chi connectivity index (χ1) is 12.5. The van der Waals surface area contributed by atoms with Crippen LogP contribution in [-0.2, 0) is 0 Å². The highest BCUT2D eigenvalue weighted by Gasteiger charge is 2.30. The fraction of sp³-hybridized carbons (Fsp3) is 0.389. The van der Waals surface area contributed by atoms with E-state index in [1.54, 1.807) is 28.0 Å². The third-order valence-corrected chi connectivity index (χ3v) is 4.69. The van der Waals surface area contributed by atoms with Crippen molar-refractivity contribution in [3.63, 3.8) is 0 Å². The lowest BCUT2D eigenvalue weighted by Crippen LogP contribution is -2.28. The number of fused-ring (bicyclic) bond motifs is 1. The van der Waals surface area contributed by atoms with Crippen molar-refractivity contribution in [3.8, 4) is 11.5 Å². The molecule has 1 aromatic carbocycles. The quantitative estimate of drug-likeness (QED) is 0.889. The normalized spacial score (nSPS) is 18.2. The van der Waals surface area contributed by atoms with Crippen LogP contribution in [0.2, 0.25) is 0 Å². The van der Waals surface area contributed by atoms with Crippen LogP contribution in [0.4, 0.5) is 5.95 Å². The standard InChI is InChI=1S/C18H20N4O4/c1-21(2)18-19-13(8-16(23)20-18)12-5-6-22(9-12)17(24)11-3-4-14-15(7-11)26-10-25-14/h3-4,7-8,12H,5-6,9-10H2,1-2H3,(H,19,20,23)/t12-/m0/s1. The van der Waals surface area contributed by atoms with Crippen LogP contribution in [0.25, 0.3) is 0 Å². The molecule has 0 radical (unpaired) electrons. The Balaban J connectivity index is 1.52. The maximum Gasteiger partial charge on any atom is 0.254 e. The molecule has 1 saturated heterocycles. The molecule has 2 aliphatic rings. The number of ether oxygens (including phenoxy) is 2. The van der Waals surface area contributed by atoms with E-state index in [1.165, 1.54) is 6.07 Å². The molecule has 0 bridgehead atoms. The first-order valence-electron chi connectivity index (χ1n) is 8.49. The minimum Gasteiger partial charge on any atom is -0.454 e. The zero-order valence-electron chi connectivity index (χ0n) is 14.7. The van der Waals surface area contributed by atoms with Gasteiger partial charge in [-0.15, -0.1) is 0 Å². The van der Waals surface area contributed by atoms with Crippen molar-refractivity contribution in [3.05, 3.63) is 45.9 Å². The number of aromatic amines is 1. The molecule has 2 aromatic rings. The van der Waals surface area contributed by atoms with Crippen LogP contribution < -0.4 is 19.9 Å². The highest BCUT2D eigenvalue weighted by Crippen LogP contribution is 2.34. The van der Waals surface area contributed by atoms with Gasteiger partial charge in [-0.2, -0.15) is 0 Å². The Morgan fingerprint density at radius 3 is 2.88 bits per heavy atom. The summed E-state index contributed by atoms with van der Waals surface area (Å²) in [6.07, 6.45) is 0.777. The zero-order chi connectivity index (χ0) is 18.3. The Morgan fingerprint density at radius 2 is 2.08 bits per heavy atom. The minimum absolute atomic E-state index is 0.0500. The number of hydrogen-bond acceptors (Lipinski definition) is 6. The number of rotatable bonds is 3. The van der Waals surface area contributed by atoms with Crippen LogP contribution in [-0.4, -0.2) is 54.8 Å². The smallest absolute Gasteiger partial charge is 0.254 e. The number of likely N-dealkylation sites (tertiary alicyclic amines) is 1. The minimum atomic E-state index is -0.181. The van der Waals surface area contributed by atoms with Gasteiger partial charge >= 0.3 is 0 Å². The number of anilines is 1. The number of benzene rings is 1. The highest BCUT2D eigenvalue weighted by molar-refractivity contribution is 5.95. The molecule has 1 N–H and O–H groups in total. The molecule has 136 valence electrons. The fourth-order valence-electron chi connectivity index (χ4n) is 3.28. The molecule has 0 spiro atoms. The van der Waals surface area contributed by atoms with E-state index in [0.29, 0.717) is 36.1 Å². The molecule has 1 atom stereocenters. The van der Waals surface area contributed by atoms with Crippen molar-refractivity contribution in [1.82, 2.24) is 14.9 Å². The second kappa shape index (κ2) is 6.36. The number of H-pyrrole nitrogens is 1. The number of amides is 1. The maximum absolute atomic E-state index is 12.8. The first kappa shape index (κ1) is 16.4. The van der Waals surface area contributed by atoms with Gasteiger partial charge in [-0.25, -0.2) is 4.98 Å². The molecular formula is C18H20N4O4. The van der Waals surface area contributed by atoms with Crippen molar-refractivity contribution in [2.75, 3.05) is 38.9 Å². The van der Waals surface area contributed by atoms with E-state index in [0.717, 1.165) is 12.1 Å². The monoisotopic (exact) mass is 356 g/mol. The SMILES string of the molecule is CN(C)c1nc([C@H]2CCN(C(=O)c3ccc4c(c3)OCO4)C2)cc(=O)[nH]1. The number of aromatic nitrogens is 2. The Hall–Kier alpha value is -3.03. The number of nitrogens with one attached hydrogen (secondary N) is 1. The third-order valence-electron chi connectivity index (χ3n) is 4.69. The lowest BCUT2D eigenvalue weighted by Gasteiger charge is -2.17. The topological polar surface area (TPSA) is 87.8 Å². The molecule has 1 fully saturated rings. The van der Waals surface area contributed by atoms with Crippen molar-refractivity contribution in [2.24, 2.45) is 0 Å². The molecule has 3 heterocycles. The predicted octanol–water partition coefficient (Wildman–Crippen LogP) is 1.19. The second-order valence-corrected chi connectivity index (χ2v) is 6.69. The molecule has 8 heteroatoms. The molecule has 1 aromatic heterocycles. The highest BCUT2D eigenvalue weighted by atomic mass is 16.7. The average Bonchev–Trinajstić information content (AvgIpc) is 3.29. The molecule has 0 aliphatic carbocycles. The van der Waals surface area contributed by atoms with Crippen LogP contribution in [0.3, 0.4) is 0 Å². The Bertz CT molecular complexity index is 908. The lowest BCUT2D eigenvalue weighted by atomic mass is 10.0. The summed E-state index contributed by atoms with van der Waals surface area (Å²) in [5.74, 6) is 1.77. The van der Waals surface area contributed by atoms with Gasteiger partial charge in [-0.1, -0.05) is 0 Å². The molecule has 2 aliphatic heterocycles. The summed E-state index contributed by atoms with van der Waals surface area (Å²) in [7, 11) is 3.65. The van der Waals surface area contributed by atoms with Crippen molar-refractivity contribution >= 4 is 11.9 Å². The largest absolute Gasteiger partial charge is 0.454 e.